The first-order chi connectivity index (χ1) is 11.5. The second-order valence-corrected chi connectivity index (χ2v) is 7.53. The van der Waals surface area contributed by atoms with Gasteiger partial charge in [-0.05, 0) is 24.3 Å². The van der Waals surface area contributed by atoms with Gasteiger partial charge in [0, 0.05) is 10.9 Å². The highest BCUT2D eigenvalue weighted by Gasteiger charge is 2.41. The number of nitrogens with zero attached hydrogens (tertiary/aromatic N) is 2. The molecule has 1 aliphatic rings. The van der Waals surface area contributed by atoms with E-state index in [0.717, 1.165) is 24.1 Å². The number of nitriles is 1. The summed E-state index contributed by atoms with van der Waals surface area (Å²) in [6.45, 7) is 4.33. The van der Waals surface area contributed by atoms with E-state index in [2.05, 4.69) is 54.5 Å². The molecule has 0 saturated heterocycles. The van der Waals surface area contributed by atoms with Gasteiger partial charge in [-0.1, -0.05) is 51.0 Å². The highest BCUT2D eigenvalue weighted by Crippen LogP contribution is 2.39. The van der Waals surface area contributed by atoms with Gasteiger partial charge < -0.3 is 5.32 Å². The Labute approximate surface area is 146 Å². The Balaban J connectivity index is 1.74. The summed E-state index contributed by atoms with van der Waals surface area (Å²) in [6.07, 6.45) is 3.16. The zero-order valence-corrected chi connectivity index (χ0v) is 14.8. The maximum Gasteiger partial charge on any atom is 0.246 e. The smallest absolute Gasteiger partial charge is 0.246 e. The summed E-state index contributed by atoms with van der Waals surface area (Å²) >= 11 is 1.40. The van der Waals surface area contributed by atoms with E-state index in [1.54, 1.807) is 0 Å². The molecular formula is C19H21N3OS. The van der Waals surface area contributed by atoms with E-state index in [4.69, 9.17) is 0 Å². The average Bonchev–Trinajstić information content (AvgIpc) is 3.25. The number of thiazole rings is 1. The van der Waals surface area contributed by atoms with Crippen molar-refractivity contribution in [2.75, 3.05) is 5.32 Å². The van der Waals surface area contributed by atoms with Crippen molar-refractivity contribution in [3.8, 4) is 17.3 Å². The van der Waals surface area contributed by atoms with Crippen LogP contribution < -0.4 is 5.32 Å². The van der Waals surface area contributed by atoms with Crippen LogP contribution >= 0.6 is 11.3 Å². The first kappa shape index (κ1) is 16.7. The fourth-order valence-electron chi connectivity index (χ4n) is 3.09. The van der Waals surface area contributed by atoms with E-state index in [0.29, 0.717) is 23.9 Å². The fourth-order valence-corrected chi connectivity index (χ4v) is 3.80. The Morgan fingerprint density at radius 1 is 1.29 bits per heavy atom. The number of hydrogen-bond acceptors (Lipinski definition) is 4. The first-order valence-corrected chi connectivity index (χ1v) is 9.20. The van der Waals surface area contributed by atoms with Crippen molar-refractivity contribution >= 4 is 22.4 Å². The zero-order chi connectivity index (χ0) is 17.2. The van der Waals surface area contributed by atoms with Crippen LogP contribution in [0.4, 0.5) is 5.13 Å². The molecule has 2 aromatic rings. The molecule has 1 N–H and O–H groups in total. The van der Waals surface area contributed by atoms with Crippen LogP contribution in [0.3, 0.4) is 0 Å². The largest absolute Gasteiger partial charge is 0.301 e. The Bertz CT molecular complexity index is 765. The lowest BCUT2D eigenvalue weighted by molar-refractivity contribution is -0.122. The number of benzene rings is 1. The van der Waals surface area contributed by atoms with Crippen LogP contribution in [-0.2, 0) is 4.79 Å². The molecule has 0 aliphatic heterocycles. The van der Waals surface area contributed by atoms with Crippen molar-refractivity contribution in [2.24, 2.45) is 5.41 Å². The van der Waals surface area contributed by atoms with Crippen molar-refractivity contribution in [1.82, 2.24) is 4.98 Å². The lowest BCUT2D eigenvalue weighted by atomic mass is 9.87. The average molecular weight is 339 g/mol. The molecule has 1 aromatic carbocycles. The van der Waals surface area contributed by atoms with Crippen LogP contribution in [0.15, 0.2) is 29.6 Å². The molecule has 124 valence electrons. The van der Waals surface area contributed by atoms with E-state index >= 15 is 0 Å². The van der Waals surface area contributed by atoms with E-state index in [1.807, 2.05) is 5.38 Å². The van der Waals surface area contributed by atoms with Gasteiger partial charge in [-0.2, -0.15) is 5.26 Å². The highest BCUT2D eigenvalue weighted by molar-refractivity contribution is 7.14. The molecule has 1 amide bonds. The van der Waals surface area contributed by atoms with Crippen LogP contribution in [0.5, 0.6) is 0 Å². The number of amides is 1. The van der Waals surface area contributed by atoms with Crippen LogP contribution in [0.25, 0.3) is 11.3 Å². The number of hydrogen-bond donors (Lipinski definition) is 1. The second-order valence-electron chi connectivity index (χ2n) is 6.67. The van der Waals surface area contributed by atoms with Gasteiger partial charge >= 0.3 is 0 Å². The summed E-state index contributed by atoms with van der Waals surface area (Å²) in [7, 11) is 0. The zero-order valence-electron chi connectivity index (χ0n) is 14.0. The summed E-state index contributed by atoms with van der Waals surface area (Å²) in [6, 6.07) is 10.6. The molecule has 0 unspecified atom stereocenters. The van der Waals surface area contributed by atoms with E-state index in [9.17, 15) is 10.1 Å². The number of rotatable bonds is 4. The van der Waals surface area contributed by atoms with Crippen molar-refractivity contribution in [2.45, 2.75) is 45.4 Å². The number of aromatic nitrogens is 1. The predicted molar refractivity (Wildman–Crippen MR) is 96.8 cm³/mol. The maximum atomic E-state index is 12.5. The third kappa shape index (κ3) is 3.20. The number of nitrogens with one attached hydrogen (secondary N) is 1. The number of carbonyl (C=O) groups is 1. The van der Waals surface area contributed by atoms with Gasteiger partial charge in [0.15, 0.2) is 5.13 Å². The quantitative estimate of drug-likeness (QED) is 0.856. The molecule has 0 atom stereocenters. The molecule has 1 saturated carbocycles. The summed E-state index contributed by atoms with van der Waals surface area (Å²) in [5.74, 6) is 0.288. The Morgan fingerprint density at radius 2 is 1.96 bits per heavy atom. The van der Waals surface area contributed by atoms with Gasteiger partial charge in [-0.25, -0.2) is 4.98 Å². The molecule has 4 nitrogen and oxygen atoms in total. The van der Waals surface area contributed by atoms with Gasteiger partial charge in [0.25, 0.3) is 0 Å². The van der Waals surface area contributed by atoms with Gasteiger partial charge in [-0.3, -0.25) is 4.79 Å². The van der Waals surface area contributed by atoms with Crippen LogP contribution in [0.2, 0.25) is 0 Å². The number of carbonyl (C=O) groups excluding carboxylic acids is 1. The van der Waals surface area contributed by atoms with E-state index < -0.39 is 5.41 Å². The summed E-state index contributed by atoms with van der Waals surface area (Å²) < 4.78 is 0. The monoisotopic (exact) mass is 339 g/mol. The molecule has 0 bridgehead atoms. The van der Waals surface area contributed by atoms with Gasteiger partial charge in [-0.15, -0.1) is 11.3 Å². The second kappa shape index (κ2) is 6.74. The summed E-state index contributed by atoms with van der Waals surface area (Å²) in [4.78, 5) is 17.0. The molecule has 24 heavy (non-hydrogen) atoms. The van der Waals surface area contributed by atoms with E-state index in [-0.39, 0.29) is 5.91 Å². The van der Waals surface area contributed by atoms with Crippen molar-refractivity contribution in [3.63, 3.8) is 0 Å². The standard InChI is InChI=1S/C19H21N3OS/c1-13(2)14-5-7-15(8-6-14)16-11-24-18(21-16)22-17(23)19(12-20)9-3-4-10-19/h5-8,11,13H,3-4,9-10H2,1-2H3,(H,21,22,23). The van der Waals surface area contributed by atoms with E-state index in [1.165, 1.54) is 16.9 Å². The molecular weight excluding hydrogens is 318 g/mol. The Hall–Kier alpha value is -2.19. The Kier molecular flexibility index (Phi) is 4.68. The van der Waals surface area contributed by atoms with Crippen molar-refractivity contribution in [3.05, 3.63) is 35.2 Å². The van der Waals surface area contributed by atoms with Gasteiger partial charge in [0.1, 0.15) is 5.41 Å². The molecule has 3 rings (SSSR count). The van der Waals surface area contributed by atoms with Gasteiger partial charge in [0.05, 0.1) is 11.8 Å². The fraction of sp³-hybridized carbons (Fsp3) is 0.421. The van der Waals surface area contributed by atoms with Crippen LogP contribution in [0.1, 0.15) is 51.0 Å². The normalized spacial score (nSPS) is 16.1. The Morgan fingerprint density at radius 3 is 2.54 bits per heavy atom. The summed E-state index contributed by atoms with van der Waals surface area (Å²) in [5.41, 5.74) is 2.31. The molecule has 5 heteroatoms. The molecule has 1 aromatic heterocycles. The summed E-state index contributed by atoms with van der Waals surface area (Å²) in [5, 5.41) is 14.7. The third-order valence-electron chi connectivity index (χ3n) is 4.70. The maximum absolute atomic E-state index is 12.5. The lowest BCUT2D eigenvalue weighted by Crippen LogP contribution is -2.32. The molecule has 0 radical (unpaired) electrons. The van der Waals surface area contributed by atoms with Crippen LogP contribution in [0, 0.1) is 16.7 Å². The lowest BCUT2D eigenvalue weighted by Gasteiger charge is -2.17. The molecule has 1 aliphatic carbocycles. The van der Waals surface area contributed by atoms with Gasteiger partial charge in [0.2, 0.25) is 5.91 Å². The number of anilines is 1. The third-order valence-corrected chi connectivity index (χ3v) is 5.46. The predicted octanol–water partition coefficient (Wildman–Crippen LogP) is 4.96. The minimum Gasteiger partial charge on any atom is -0.301 e. The first-order valence-electron chi connectivity index (χ1n) is 8.33. The minimum absolute atomic E-state index is 0.210. The topological polar surface area (TPSA) is 65.8 Å². The van der Waals surface area contributed by atoms with Crippen molar-refractivity contribution in [1.29, 1.82) is 5.26 Å². The minimum atomic E-state index is -0.870. The molecule has 0 spiro atoms. The molecule has 1 heterocycles. The SMILES string of the molecule is CC(C)c1ccc(-c2csc(NC(=O)C3(C#N)CCCC3)n2)cc1. The highest BCUT2D eigenvalue weighted by atomic mass is 32.1. The van der Waals surface area contributed by atoms with Crippen LogP contribution in [-0.4, -0.2) is 10.9 Å². The van der Waals surface area contributed by atoms with Crippen molar-refractivity contribution < 1.29 is 4.79 Å². The molecule has 1 fully saturated rings.